The molecule has 0 amide bonds. The summed E-state index contributed by atoms with van der Waals surface area (Å²) in [5, 5.41) is 0. The Labute approximate surface area is 450 Å². The lowest BCUT2D eigenvalue weighted by Gasteiger charge is -2.18. The van der Waals surface area contributed by atoms with Crippen LogP contribution in [0.25, 0.3) is 0 Å². The average Bonchev–Trinajstić information content (AvgIpc) is 3.39. The molecule has 0 aliphatic carbocycles. The van der Waals surface area contributed by atoms with Crippen molar-refractivity contribution in [1.29, 1.82) is 0 Å². The predicted molar refractivity (Wildman–Crippen MR) is 316 cm³/mol. The third-order valence-electron chi connectivity index (χ3n) is 12.8. The molecular formula is C67H112O6. The number of rotatable bonds is 54. The van der Waals surface area contributed by atoms with E-state index in [-0.39, 0.29) is 44.0 Å². The van der Waals surface area contributed by atoms with Crippen LogP contribution in [0.4, 0.5) is 0 Å². The van der Waals surface area contributed by atoms with Crippen LogP contribution in [-0.4, -0.2) is 37.2 Å². The first-order valence-electron chi connectivity index (χ1n) is 30.4. The number of carbonyl (C=O) groups is 3. The van der Waals surface area contributed by atoms with Gasteiger partial charge >= 0.3 is 17.9 Å². The monoisotopic (exact) mass is 1010 g/mol. The van der Waals surface area contributed by atoms with E-state index in [9.17, 15) is 14.4 Å². The standard InChI is InChI=1S/C67H112O6/c1-4-7-10-13-16-19-22-25-28-31-32-33-34-37-40-43-46-49-52-55-58-61-67(70)73-64(62-71-65(68)59-56-53-50-47-44-41-38-35-29-26-23-20-17-14-11-8-5-2)63-72-66(69)60-57-54-51-48-45-42-39-36-30-27-24-21-18-15-12-9-6-3/h8,11,17-18,20-21,26-27,29-30,38-39,41-42,47-48,50-51,64H,4-7,9-10,12-16,19,22-25,28,31-37,40,43-46,49,52-63H2,1-3H3/b11-8-,20-17-,21-18-,29-26-,30-27-,41-38-,42-39-,50-47-,51-48-/t64-/m1/s1. The SMILES string of the molecule is CC/C=C\C/C=C\C/C=C\C/C=C\C/C=C\CCCC(=O)OC[C@H](COC(=O)CCC/C=C\C/C=C\C/C=C\C/C=C\CCCCC)OC(=O)CCCCCCCCCCCCCCCCCCCCCCC. The molecule has 416 valence electrons. The first-order valence-corrected chi connectivity index (χ1v) is 30.4. The fourth-order valence-corrected chi connectivity index (χ4v) is 8.24. The van der Waals surface area contributed by atoms with E-state index in [0.29, 0.717) is 19.3 Å². The van der Waals surface area contributed by atoms with Gasteiger partial charge in [0, 0.05) is 19.3 Å². The van der Waals surface area contributed by atoms with Gasteiger partial charge in [0.05, 0.1) is 0 Å². The number of unbranched alkanes of at least 4 members (excludes halogenated alkanes) is 25. The molecular weight excluding hydrogens is 901 g/mol. The molecule has 0 bridgehead atoms. The van der Waals surface area contributed by atoms with Crippen LogP contribution in [0.5, 0.6) is 0 Å². The summed E-state index contributed by atoms with van der Waals surface area (Å²) in [5.74, 6) is -1.03. The normalized spacial score (nSPS) is 12.9. The molecule has 0 saturated heterocycles. The molecule has 0 spiro atoms. The molecule has 0 saturated carbocycles. The Morgan fingerprint density at radius 2 is 0.548 bits per heavy atom. The Bertz CT molecular complexity index is 1490. The summed E-state index contributed by atoms with van der Waals surface area (Å²) in [5.41, 5.74) is 0. The third kappa shape index (κ3) is 58.8. The average molecular weight is 1010 g/mol. The van der Waals surface area contributed by atoms with Gasteiger partial charge in [0.2, 0.25) is 0 Å². The van der Waals surface area contributed by atoms with Crippen LogP contribution in [-0.2, 0) is 28.6 Å². The minimum absolute atomic E-state index is 0.123. The summed E-state index contributed by atoms with van der Waals surface area (Å²) < 4.78 is 16.8. The summed E-state index contributed by atoms with van der Waals surface area (Å²) in [6.07, 6.45) is 82.4. The van der Waals surface area contributed by atoms with E-state index < -0.39 is 6.10 Å². The zero-order valence-electron chi connectivity index (χ0n) is 47.6. The Hall–Kier alpha value is -3.93. The molecule has 0 unspecified atom stereocenters. The molecule has 73 heavy (non-hydrogen) atoms. The van der Waals surface area contributed by atoms with Crippen LogP contribution in [0.15, 0.2) is 109 Å². The number of ether oxygens (including phenoxy) is 3. The molecule has 0 fully saturated rings. The zero-order valence-corrected chi connectivity index (χ0v) is 47.6. The Kier molecular flexibility index (Phi) is 57.4. The predicted octanol–water partition coefficient (Wildman–Crippen LogP) is 20.7. The Balaban J connectivity index is 4.51. The second-order valence-corrected chi connectivity index (χ2v) is 19.9. The van der Waals surface area contributed by atoms with Gasteiger partial charge in [0.25, 0.3) is 0 Å². The lowest BCUT2D eigenvalue weighted by Crippen LogP contribution is -2.30. The molecule has 6 nitrogen and oxygen atoms in total. The van der Waals surface area contributed by atoms with Crippen molar-refractivity contribution in [3.63, 3.8) is 0 Å². The van der Waals surface area contributed by atoms with E-state index in [2.05, 4.69) is 130 Å². The van der Waals surface area contributed by atoms with E-state index in [1.165, 1.54) is 141 Å². The molecule has 0 aromatic carbocycles. The minimum Gasteiger partial charge on any atom is -0.462 e. The summed E-state index contributed by atoms with van der Waals surface area (Å²) in [7, 11) is 0. The highest BCUT2D eigenvalue weighted by molar-refractivity contribution is 5.71. The quantitative estimate of drug-likeness (QED) is 0.0261. The van der Waals surface area contributed by atoms with Crippen molar-refractivity contribution in [3.05, 3.63) is 109 Å². The first-order chi connectivity index (χ1) is 36.0. The molecule has 0 N–H and O–H groups in total. The van der Waals surface area contributed by atoms with Crippen molar-refractivity contribution in [3.8, 4) is 0 Å². The third-order valence-corrected chi connectivity index (χ3v) is 12.8. The zero-order chi connectivity index (χ0) is 52.9. The molecule has 0 heterocycles. The first kappa shape index (κ1) is 69.1. The van der Waals surface area contributed by atoms with Crippen molar-refractivity contribution in [2.75, 3.05) is 13.2 Å². The number of esters is 3. The van der Waals surface area contributed by atoms with Gasteiger partial charge in [-0.1, -0.05) is 271 Å². The van der Waals surface area contributed by atoms with Crippen LogP contribution >= 0.6 is 0 Å². The maximum atomic E-state index is 12.9. The maximum Gasteiger partial charge on any atom is 0.306 e. The molecule has 0 aliphatic rings. The molecule has 0 radical (unpaired) electrons. The summed E-state index contributed by atoms with van der Waals surface area (Å²) in [6.45, 7) is 6.42. The highest BCUT2D eigenvalue weighted by Crippen LogP contribution is 2.16. The molecule has 0 rings (SSSR count). The van der Waals surface area contributed by atoms with Crippen LogP contribution in [0.2, 0.25) is 0 Å². The molecule has 1 atom stereocenters. The van der Waals surface area contributed by atoms with Crippen molar-refractivity contribution in [2.24, 2.45) is 0 Å². The number of carbonyl (C=O) groups excluding carboxylic acids is 3. The second-order valence-electron chi connectivity index (χ2n) is 19.9. The van der Waals surface area contributed by atoms with Gasteiger partial charge in [0.1, 0.15) is 13.2 Å². The fourth-order valence-electron chi connectivity index (χ4n) is 8.24. The molecule has 6 heteroatoms. The van der Waals surface area contributed by atoms with Gasteiger partial charge in [-0.05, 0) is 96.3 Å². The van der Waals surface area contributed by atoms with Crippen molar-refractivity contribution in [1.82, 2.24) is 0 Å². The minimum atomic E-state index is -0.824. The highest BCUT2D eigenvalue weighted by Gasteiger charge is 2.19. The summed E-state index contributed by atoms with van der Waals surface area (Å²) >= 11 is 0. The number of hydrogen-bond donors (Lipinski definition) is 0. The van der Waals surface area contributed by atoms with Crippen LogP contribution in [0.1, 0.15) is 278 Å². The van der Waals surface area contributed by atoms with Crippen LogP contribution < -0.4 is 0 Å². The summed E-state index contributed by atoms with van der Waals surface area (Å²) in [6, 6.07) is 0. The van der Waals surface area contributed by atoms with Crippen molar-refractivity contribution < 1.29 is 28.6 Å². The molecule has 0 aromatic rings. The van der Waals surface area contributed by atoms with Gasteiger partial charge in [-0.3, -0.25) is 14.4 Å². The fraction of sp³-hybridized carbons (Fsp3) is 0.687. The van der Waals surface area contributed by atoms with Crippen molar-refractivity contribution in [2.45, 2.75) is 284 Å². The van der Waals surface area contributed by atoms with Gasteiger partial charge in [-0.2, -0.15) is 0 Å². The topological polar surface area (TPSA) is 78.9 Å². The largest absolute Gasteiger partial charge is 0.462 e. The van der Waals surface area contributed by atoms with E-state index in [4.69, 9.17) is 14.2 Å². The van der Waals surface area contributed by atoms with Gasteiger partial charge in [-0.25, -0.2) is 0 Å². The van der Waals surface area contributed by atoms with Gasteiger partial charge < -0.3 is 14.2 Å². The van der Waals surface area contributed by atoms with E-state index >= 15 is 0 Å². The van der Waals surface area contributed by atoms with Gasteiger partial charge in [-0.15, -0.1) is 0 Å². The van der Waals surface area contributed by atoms with Crippen LogP contribution in [0.3, 0.4) is 0 Å². The van der Waals surface area contributed by atoms with Crippen LogP contribution in [0, 0.1) is 0 Å². The Morgan fingerprint density at radius 1 is 0.288 bits per heavy atom. The van der Waals surface area contributed by atoms with E-state index in [1.54, 1.807) is 0 Å². The lowest BCUT2D eigenvalue weighted by molar-refractivity contribution is -0.167. The lowest BCUT2D eigenvalue weighted by atomic mass is 10.0. The smallest absolute Gasteiger partial charge is 0.306 e. The highest BCUT2D eigenvalue weighted by atomic mass is 16.6. The molecule has 0 aliphatic heterocycles. The number of hydrogen-bond acceptors (Lipinski definition) is 6. The Morgan fingerprint density at radius 3 is 0.877 bits per heavy atom. The summed E-state index contributed by atoms with van der Waals surface area (Å²) in [4.78, 5) is 38.2. The maximum absolute atomic E-state index is 12.9. The van der Waals surface area contributed by atoms with E-state index in [1.807, 2.05) is 0 Å². The number of allylic oxidation sites excluding steroid dienone is 18. The van der Waals surface area contributed by atoms with Gasteiger partial charge in [0.15, 0.2) is 6.10 Å². The second kappa shape index (κ2) is 60.6. The van der Waals surface area contributed by atoms with Crippen molar-refractivity contribution >= 4 is 17.9 Å². The molecule has 0 aromatic heterocycles. The van der Waals surface area contributed by atoms with E-state index in [0.717, 1.165) is 83.5 Å².